The summed E-state index contributed by atoms with van der Waals surface area (Å²) in [5.74, 6) is -0.167. The zero-order valence-corrected chi connectivity index (χ0v) is 27.0. The number of methoxy groups -OCH3 is 1. The van der Waals surface area contributed by atoms with E-state index in [0.717, 1.165) is 5.39 Å². The van der Waals surface area contributed by atoms with Crippen LogP contribution < -0.4 is 20.1 Å². The molecule has 0 aliphatic carbocycles. The molecular weight excluding hydrogens is 603 g/mol. The van der Waals surface area contributed by atoms with Gasteiger partial charge in [0.15, 0.2) is 17.4 Å². The predicted octanol–water partition coefficient (Wildman–Crippen LogP) is 4.38. The molecule has 1 aliphatic rings. The number of benzene rings is 2. The minimum atomic E-state index is -4.24. The molecule has 2 aromatic heterocycles. The van der Waals surface area contributed by atoms with Crippen molar-refractivity contribution >= 4 is 41.6 Å². The van der Waals surface area contributed by atoms with Crippen LogP contribution in [0.3, 0.4) is 0 Å². The van der Waals surface area contributed by atoms with Crippen molar-refractivity contribution in [2.24, 2.45) is 5.41 Å². The Bertz CT molecular complexity index is 1730. The van der Waals surface area contributed by atoms with Gasteiger partial charge in [0.25, 0.3) is 0 Å². The van der Waals surface area contributed by atoms with Crippen molar-refractivity contribution in [3.8, 4) is 11.6 Å². The smallest absolute Gasteiger partial charge is 0.459 e. The summed E-state index contributed by atoms with van der Waals surface area (Å²) in [6, 6.07) is 11.8. The summed E-state index contributed by atoms with van der Waals surface area (Å²) in [5.41, 5.74) is 4.85. The number of imidazole rings is 1. The lowest BCUT2D eigenvalue weighted by Crippen LogP contribution is -2.37. The van der Waals surface area contributed by atoms with Gasteiger partial charge in [0.1, 0.15) is 17.4 Å². The number of carbonyl (C=O) groups is 1. The van der Waals surface area contributed by atoms with Crippen LogP contribution >= 0.6 is 7.75 Å². The third-order valence-electron chi connectivity index (χ3n) is 7.10. The number of nitrogens with two attached hydrogens (primary N) is 1. The molecule has 0 amide bonds. The SMILES string of the molecule is COc1nc(N)nc2c1ncn2C1OC(COP(=O)(NC(C)C(=O)OCC(C)(C)C)Oc2cccc3ccccc23)CC1(C)O. The van der Waals surface area contributed by atoms with Gasteiger partial charge in [-0.15, -0.1) is 0 Å². The van der Waals surface area contributed by atoms with E-state index >= 15 is 0 Å². The second kappa shape index (κ2) is 12.5. The van der Waals surface area contributed by atoms with E-state index in [4.69, 9.17) is 29.0 Å². The maximum absolute atomic E-state index is 14.3. The summed E-state index contributed by atoms with van der Waals surface area (Å²) in [7, 11) is -2.80. The summed E-state index contributed by atoms with van der Waals surface area (Å²) in [6.07, 6.45) is -0.137. The molecule has 242 valence electrons. The van der Waals surface area contributed by atoms with Crippen LogP contribution in [-0.4, -0.2) is 68.7 Å². The van der Waals surface area contributed by atoms with E-state index in [1.807, 2.05) is 51.1 Å². The van der Waals surface area contributed by atoms with Gasteiger partial charge in [-0.25, -0.2) is 9.55 Å². The molecule has 1 saturated heterocycles. The van der Waals surface area contributed by atoms with E-state index < -0.39 is 37.7 Å². The minimum Gasteiger partial charge on any atom is -0.479 e. The molecule has 15 heteroatoms. The van der Waals surface area contributed by atoms with Crippen LogP contribution in [0.4, 0.5) is 5.95 Å². The number of nitrogens with zero attached hydrogens (tertiary/aromatic N) is 4. The topological polar surface area (TPSA) is 182 Å². The Hall–Kier alpha value is -3.81. The van der Waals surface area contributed by atoms with Crippen molar-refractivity contribution in [1.29, 1.82) is 0 Å². The number of aliphatic hydroxyl groups is 1. The van der Waals surface area contributed by atoms with Crippen molar-refractivity contribution < 1.29 is 37.7 Å². The van der Waals surface area contributed by atoms with Crippen molar-refractivity contribution in [2.75, 3.05) is 26.1 Å². The fourth-order valence-corrected chi connectivity index (χ4v) is 6.54. The molecule has 1 aliphatic heterocycles. The molecule has 45 heavy (non-hydrogen) atoms. The second-order valence-corrected chi connectivity index (χ2v) is 14.2. The molecule has 1 fully saturated rings. The number of anilines is 1. The first-order chi connectivity index (χ1) is 21.2. The van der Waals surface area contributed by atoms with Gasteiger partial charge < -0.3 is 29.6 Å². The third kappa shape index (κ3) is 7.37. The Morgan fingerprint density at radius 2 is 1.98 bits per heavy atom. The first-order valence-electron chi connectivity index (χ1n) is 14.5. The number of nitrogens with one attached hydrogen (secondary N) is 1. The highest BCUT2D eigenvalue weighted by molar-refractivity contribution is 7.52. The molecular formula is C30H39N6O8P. The van der Waals surface area contributed by atoms with Gasteiger partial charge in [0.05, 0.1) is 32.8 Å². The van der Waals surface area contributed by atoms with E-state index in [1.54, 1.807) is 19.1 Å². The number of nitrogen functional groups attached to an aromatic ring is 1. The molecule has 5 rings (SSSR count). The third-order valence-corrected chi connectivity index (χ3v) is 8.73. The van der Waals surface area contributed by atoms with Gasteiger partial charge >= 0.3 is 13.7 Å². The highest BCUT2D eigenvalue weighted by atomic mass is 31.2. The van der Waals surface area contributed by atoms with Gasteiger partial charge in [-0.2, -0.15) is 15.1 Å². The Balaban J connectivity index is 1.37. The second-order valence-electron chi connectivity index (χ2n) is 12.5. The Labute approximate surface area is 260 Å². The summed E-state index contributed by atoms with van der Waals surface area (Å²) in [4.78, 5) is 25.4. The highest BCUT2D eigenvalue weighted by Gasteiger charge is 2.47. The maximum atomic E-state index is 14.3. The Kier molecular flexibility index (Phi) is 9.07. The summed E-state index contributed by atoms with van der Waals surface area (Å²) < 4.78 is 44.7. The largest absolute Gasteiger partial charge is 0.479 e. The number of rotatable bonds is 11. The van der Waals surface area contributed by atoms with Gasteiger partial charge in [0.2, 0.25) is 11.8 Å². The van der Waals surface area contributed by atoms with E-state index in [0.29, 0.717) is 22.3 Å². The van der Waals surface area contributed by atoms with Gasteiger partial charge in [-0.1, -0.05) is 57.2 Å². The van der Waals surface area contributed by atoms with Crippen LogP contribution in [0.5, 0.6) is 11.6 Å². The van der Waals surface area contributed by atoms with Crippen LogP contribution in [-0.2, 0) is 23.4 Å². The fraction of sp³-hybridized carbons (Fsp3) is 0.467. The fourth-order valence-electron chi connectivity index (χ4n) is 5.00. The Morgan fingerprint density at radius 3 is 2.71 bits per heavy atom. The summed E-state index contributed by atoms with van der Waals surface area (Å²) in [6.45, 7) is 8.85. The predicted molar refractivity (Wildman–Crippen MR) is 167 cm³/mol. The molecule has 4 N–H and O–H groups in total. The van der Waals surface area contributed by atoms with Crippen LogP contribution in [0.2, 0.25) is 0 Å². The van der Waals surface area contributed by atoms with Gasteiger partial charge in [-0.05, 0) is 30.7 Å². The Morgan fingerprint density at radius 1 is 1.24 bits per heavy atom. The molecule has 14 nitrogen and oxygen atoms in total. The minimum absolute atomic E-state index is 0.0358. The van der Waals surface area contributed by atoms with E-state index in [2.05, 4.69) is 20.0 Å². The van der Waals surface area contributed by atoms with Gasteiger partial charge in [-0.3, -0.25) is 13.9 Å². The van der Waals surface area contributed by atoms with E-state index in [1.165, 1.54) is 24.9 Å². The normalized spacial score (nSPS) is 22.3. The van der Waals surface area contributed by atoms with Crippen molar-refractivity contribution in [3.63, 3.8) is 0 Å². The standard InChI is InChI=1S/C30H39N6O8P/c1-18(26(37)41-16-29(2,3)4)35-45(39,44-22-13-9-11-19-10-7-8-12-21(19)22)42-15-20-14-30(5,38)27(43-20)36-17-32-23-24(36)33-28(31)34-25(23)40-6/h7-13,17-18,20,27,38H,14-16H2,1-6H3,(H,35,39)(H2,31,33,34). The lowest BCUT2D eigenvalue weighted by atomic mass is 9.99. The molecule has 0 radical (unpaired) electrons. The van der Waals surface area contributed by atoms with Crippen LogP contribution in [0, 0.1) is 5.41 Å². The number of carbonyl (C=O) groups excluding carboxylic acids is 1. The van der Waals surface area contributed by atoms with Crippen molar-refractivity contribution in [1.82, 2.24) is 24.6 Å². The number of aromatic nitrogens is 4. The molecule has 0 bridgehead atoms. The number of ether oxygens (including phenoxy) is 3. The molecule has 0 saturated carbocycles. The molecule has 4 aromatic rings. The summed E-state index contributed by atoms with van der Waals surface area (Å²) >= 11 is 0. The van der Waals surface area contributed by atoms with Crippen LogP contribution in [0.15, 0.2) is 48.8 Å². The van der Waals surface area contributed by atoms with Gasteiger partial charge in [0, 0.05) is 11.8 Å². The maximum Gasteiger partial charge on any atom is 0.459 e. The van der Waals surface area contributed by atoms with E-state index in [-0.39, 0.29) is 36.9 Å². The lowest BCUT2D eigenvalue weighted by Gasteiger charge is -2.25. The number of hydrogen-bond acceptors (Lipinski definition) is 12. The zero-order valence-electron chi connectivity index (χ0n) is 26.1. The van der Waals surface area contributed by atoms with E-state index in [9.17, 15) is 14.5 Å². The van der Waals surface area contributed by atoms with Crippen LogP contribution in [0.1, 0.15) is 47.3 Å². The monoisotopic (exact) mass is 642 g/mol. The lowest BCUT2D eigenvalue weighted by molar-refractivity contribution is -0.148. The highest BCUT2D eigenvalue weighted by Crippen LogP contribution is 2.48. The van der Waals surface area contributed by atoms with Crippen molar-refractivity contribution in [3.05, 3.63) is 48.8 Å². The first-order valence-corrected chi connectivity index (χ1v) is 16.0. The molecule has 5 atom stereocenters. The zero-order chi connectivity index (χ0) is 32.6. The molecule has 2 aromatic carbocycles. The number of fused-ring (bicyclic) bond motifs is 2. The van der Waals surface area contributed by atoms with Crippen LogP contribution in [0.25, 0.3) is 21.9 Å². The number of esters is 1. The summed E-state index contributed by atoms with van der Waals surface area (Å²) in [5, 5.41) is 15.7. The van der Waals surface area contributed by atoms with Crippen molar-refractivity contribution in [2.45, 2.75) is 65.0 Å². The molecule has 3 heterocycles. The number of hydrogen-bond donors (Lipinski definition) is 3. The first kappa shape index (κ1) is 32.6. The molecule has 0 spiro atoms. The quantitative estimate of drug-likeness (QED) is 0.155. The average Bonchev–Trinajstić information content (AvgIpc) is 3.53. The molecule has 5 unspecified atom stereocenters. The average molecular weight is 643 g/mol.